The Morgan fingerprint density at radius 2 is 2.12 bits per heavy atom. The maximum absolute atomic E-state index is 10.9. The van der Waals surface area contributed by atoms with Gasteiger partial charge in [-0.3, -0.25) is 9.69 Å². The number of carboxylic acids is 1. The topological polar surface area (TPSA) is 59.0 Å². The predicted molar refractivity (Wildman–Crippen MR) is 59.4 cm³/mol. The summed E-state index contributed by atoms with van der Waals surface area (Å²) in [5.74, 6) is -0.675. The predicted octanol–water partition coefficient (Wildman–Crippen LogP) is 0.302. The molecule has 0 aromatic heterocycles. The second kappa shape index (κ2) is 6.83. The van der Waals surface area contributed by atoms with Gasteiger partial charge in [-0.25, -0.2) is 0 Å². The number of nitrogens with zero attached hydrogens (tertiary/aromatic N) is 1. The summed E-state index contributed by atoms with van der Waals surface area (Å²) in [6.07, 6.45) is 0. The van der Waals surface area contributed by atoms with Crippen LogP contribution in [0.25, 0.3) is 0 Å². The van der Waals surface area contributed by atoms with E-state index in [2.05, 4.69) is 4.90 Å². The Bertz CT molecular complexity index is 222. The summed E-state index contributed by atoms with van der Waals surface area (Å²) in [5, 5.41) is 8.97. The fourth-order valence-electron chi connectivity index (χ4n) is 2.01. The zero-order valence-corrected chi connectivity index (χ0v) is 10.0. The Kier molecular flexibility index (Phi) is 5.73. The van der Waals surface area contributed by atoms with Crippen molar-refractivity contribution in [1.29, 1.82) is 0 Å². The number of hydrogen-bond acceptors (Lipinski definition) is 4. The Balaban J connectivity index is 2.13. The second-order valence-electron chi connectivity index (χ2n) is 4.29. The van der Waals surface area contributed by atoms with E-state index >= 15 is 0 Å². The summed E-state index contributed by atoms with van der Waals surface area (Å²) in [4.78, 5) is 13.0. The fraction of sp³-hybridized carbons (Fsp3) is 0.909. The summed E-state index contributed by atoms with van der Waals surface area (Å²) in [6.45, 7) is 6.13. The van der Waals surface area contributed by atoms with Gasteiger partial charge in [0, 0.05) is 26.7 Å². The molecule has 0 radical (unpaired) electrons. The molecule has 0 spiro atoms. The van der Waals surface area contributed by atoms with Gasteiger partial charge in [-0.05, 0) is 5.92 Å². The van der Waals surface area contributed by atoms with Crippen molar-refractivity contribution < 1.29 is 19.4 Å². The third kappa shape index (κ3) is 4.08. The molecule has 5 heteroatoms. The van der Waals surface area contributed by atoms with E-state index in [0.29, 0.717) is 26.4 Å². The van der Waals surface area contributed by atoms with Crippen molar-refractivity contribution in [3.8, 4) is 0 Å². The zero-order chi connectivity index (χ0) is 12.0. The molecule has 1 saturated heterocycles. The van der Waals surface area contributed by atoms with Crippen LogP contribution in [0.5, 0.6) is 0 Å². The van der Waals surface area contributed by atoms with Crippen molar-refractivity contribution in [3.63, 3.8) is 0 Å². The van der Waals surface area contributed by atoms with E-state index < -0.39 is 5.97 Å². The number of hydrogen-bond donors (Lipinski definition) is 1. The normalized spacial score (nSPS) is 26.1. The summed E-state index contributed by atoms with van der Waals surface area (Å²) in [6, 6.07) is 0. The van der Waals surface area contributed by atoms with Crippen LogP contribution >= 0.6 is 0 Å². The molecule has 1 N–H and O–H groups in total. The summed E-state index contributed by atoms with van der Waals surface area (Å²) in [7, 11) is 1.64. The summed E-state index contributed by atoms with van der Waals surface area (Å²) in [5.41, 5.74) is 0. The van der Waals surface area contributed by atoms with Gasteiger partial charge in [-0.1, -0.05) is 6.92 Å². The molecule has 1 rings (SSSR count). The first-order valence-corrected chi connectivity index (χ1v) is 5.67. The van der Waals surface area contributed by atoms with Gasteiger partial charge in [-0.2, -0.15) is 0 Å². The van der Waals surface area contributed by atoms with E-state index in [-0.39, 0.29) is 11.8 Å². The van der Waals surface area contributed by atoms with Crippen molar-refractivity contribution >= 4 is 5.97 Å². The van der Waals surface area contributed by atoms with Gasteiger partial charge >= 0.3 is 5.97 Å². The lowest BCUT2D eigenvalue weighted by Crippen LogP contribution is -2.27. The lowest BCUT2D eigenvalue weighted by molar-refractivity contribution is -0.142. The number of rotatable bonds is 7. The molecule has 0 aliphatic carbocycles. The van der Waals surface area contributed by atoms with Crippen molar-refractivity contribution in [1.82, 2.24) is 4.90 Å². The lowest BCUT2D eigenvalue weighted by Gasteiger charge is -2.14. The maximum Gasteiger partial charge on any atom is 0.308 e. The van der Waals surface area contributed by atoms with Crippen LogP contribution in [0.1, 0.15) is 6.92 Å². The van der Waals surface area contributed by atoms with E-state index in [1.165, 1.54) is 0 Å². The molecule has 94 valence electrons. The summed E-state index contributed by atoms with van der Waals surface area (Å²) < 4.78 is 10.2. The zero-order valence-electron chi connectivity index (χ0n) is 10.0. The Morgan fingerprint density at radius 3 is 2.69 bits per heavy atom. The van der Waals surface area contributed by atoms with E-state index in [1.807, 2.05) is 6.92 Å². The highest BCUT2D eigenvalue weighted by Crippen LogP contribution is 2.22. The molecule has 0 unspecified atom stereocenters. The second-order valence-corrected chi connectivity index (χ2v) is 4.29. The molecule has 16 heavy (non-hydrogen) atoms. The van der Waals surface area contributed by atoms with Gasteiger partial charge < -0.3 is 14.6 Å². The number of aliphatic carboxylic acids is 1. The SMILES string of the molecule is COCCOCCN1C[C@@H](C)[C@H](C(=O)O)C1. The molecule has 1 aliphatic rings. The molecule has 0 saturated carbocycles. The van der Waals surface area contributed by atoms with Crippen molar-refractivity contribution in [2.75, 3.05) is 46.6 Å². The number of ether oxygens (including phenoxy) is 2. The third-order valence-corrected chi connectivity index (χ3v) is 2.99. The maximum atomic E-state index is 10.9. The standard InChI is InChI=1S/C11H21NO4/c1-9-7-12(8-10(9)11(13)14)3-4-16-6-5-15-2/h9-10H,3-8H2,1-2H3,(H,13,14)/t9-,10-/m1/s1. The fourth-order valence-corrected chi connectivity index (χ4v) is 2.01. The van der Waals surface area contributed by atoms with E-state index in [1.54, 1.807) is 7.11 Å². The average molecular weight is 231 g/mol. The van der Waals surface area contributed by atoms with E-state index in [4.69, 9.17) is 14.6 Å². The van der Waals surface area contributed by atoms with Crippen LogP contribution in [0.2, 0.25) is 0 Å². The van der Waals surface area contributed by atoms with Crippen molar-refractivity contribution in [2.24, 2.45) is 11.8 Å². The highest BCUT2D eigenvalue weighted by molar-refractivity contribution is 5.71. The van der Waals surface area contributed by atoms with Crippen LogP contribution in [-0.2, 0) is 14.3 Å². The molecule has 0 bridgehead atoms. The van der Waals surface area contributed by atoms with Crippen LogP contribution in [0.3, 0.4) is 0 Å². The average Bonchev–Trinajstić information content (AvgIpc) is 2.59. The molecule has 1 fully saturated rings. The van der Waals surface area contributed by atoms with Gasteiger partial charge in [0.25, 0.3) is 0 Å². The highest BCUT2D eigenvalue weighted by Gasteiger charge is 2.34. The highest BCUT2D eigenvalue weighted by atomic mass is 16.5. The molecule has 5 nitrogen and oxygen atoms in total. The number of carbonyl (C=O) groups is 1. The molecule has 0 amide bonds. The smallest absolute Gasteiger partial charge is 0.308 e. The molecule has 1 aliphatic heterocycles. The molecular formula is C11H21NO4. The Hall–Kier alpha value is -0.650. The molecule has 0 aromatic carbocycles. The number of carboxylic acid groups (broad SMARTS) is 1. The van der Waals surface area contributed by atoms with Crippen LogP contribution in [-0.4, -0.2) is 62.5 Å². The largest absolute Gasteiger partial charge is 0.481 e. The first kappa shape index (κ1) is 13.4. The van der Waals surface area contributed by atoms with Crippen LogP contribution in [0, 0.1) is 11.8 Å². The molecule has 2 atom stereocenters. The van der Waals surface area contributed by atoms with Gasteiger partial charge in [-0.15, -0.1) is 0 Å². The first-order valence-electron chi connectivity index (χ1n) is 5.67. The molecule has 1 heterocycles. The number of likely N-dealkylation sites (tertiary alicyclic amines) is 1. The summed E-state index contributed by atoms with van der Waals surface area (Å²) >= 11 is 0. The minimum Gasteiger partial charge on any atom is -0.481 e. The van der Waals surface area contributed by atoms with E-state index in [9.17, 15) is 4.79 Å². The lowest BCUT2D eigenvalue weighted by atomic mass is 9.99. The van der Waals surface area contributed by atoms with E-state index in [0.717, 1.165) is 13.1 Å². The van der Waals surface area contributed by atoms with Gasteiger partial charge in [0.05, 0.1) is 25.7 Å². The Morgan fingerprint density at radius 1 is 1.38 bits per heavy atom. The first-order chi connectivity index (χ1) is 7.65. The monoisotopic (exact) mass is 231 g/mol. The molecular weight excluding hydrogens is 210 g/mol. The minimum atomic E-state index is -0.685. The minimum absolute atomic E-state index is 0.223. The van der Waals surface area contributed by atoms with Gasteiger partial charge in [0.2, 0.25) is 0 Å². The van der Waals surface area contributed by atoms with Crippen molar-refractivity contribution in [3.05, 3.63) is 0 Å². The number of methoxy groups -OCH3 is 1. The Labute approximate surface area is 96.3 Å². The van der Waals surface area contributed by atoms with Crippen LogP contribution < -0.4 is 0 Å². The van der Waals surface area contributed by atoms with Crippen molar-refractivity contribution in [2.45, 2.75) is 6.92 Å². The quantitative estimate of drug-likeness (QED) is 0.639. The molecule has 0 aromatic rings. The van der Waals surface area contributed by atoms with Gasteiger partial charge in [0.15, 0.2) is 0 Å². The van der Waals surface area contributed by atoms with Gasteiger partial charge in [0.1, 0.15) is 0 Å². The van der Waals surface area contributed by atoms with Crippen LogP contribution in [0.4, 0.5) is 0 Å². The van der Waals surface area contributed by atoms with Crippen LogP contribution in [0.15, 0.2) is 0 Å². The third-order valence-electron chi connectivity index (χ3n) is 2.99.